The summed E-state index contributed by atoms with van der Waals surface area (Å²) in [5.74, 6) is -0.407. The van der Waals surface area contributed by atoms with Gasteiger partial charge in [0.15, 0.2) is 12.1 Å². The third-order valence-corrected chi connectivity index (χ3v) is 7.00. The van der Waals surface area contributed by atoms with E-state index in [1.54, 1.807) is 67.8 Å². The maximum atomic E-state index is 13.4. The van der Waals surface area contributed by atoms with Crippen molar-refractivity contribution in [3.63, 3.8) is 0 Å². The molecule has 3 aromatic rings. The van der Waals surface area contributed by atoms with Crippen LogP contribution < -0.4 is 15.4 Å². The van der Waals surface area contributed by atoms with Crippen LogP contribution in [0.5, 0.6) is 5.75 Å². The second kappa shape index (κ2) is 12.2. The second-order valence-corrected chi connectivity index (χ2v) is 9.69. The van der Waals surface area contributed by atoms with Crippen LogP contribution in [0.15, 0.2) is 72.8 Å². The lowest BCUT2D eigenvalue weighted by Gasteiger charge is -2.25. The Bertz CT molecular complexity index is 1340. The number of methoxy groups -OCH3 is 1. The molecule has 10 heteroatoms. The van der Waals surface area contributed by atoms with Gasteiger partial charge >= 0.3 is 6.09 Å². The van der Waals surface area contributed by atoms with Crippen LogP contribution in [0.25, 0.3) is 0 Å². The summed E-state index contributed by atoms with van der Waals surface area (Å²) in [4.78, 5) is 40.4. The largest absolute Gasteiger partial charge is 0.497 e. The number of hydrogen-bond donors (Lipinski definition) is 2. The van der Waals surface area contributed by atoms with Crippen molar-refractivity contribution in [2.75, 3.05) is 25.6 Å². The fraction of sp³-hybridized carbons (Fsp3) is 0.300. The summed E-state index contributed by atoms with van der Waals surface area (Å²) >= 11 is 0. The highest BCUT2D eigenvalue weighted by Crippen LogP contribution is 2.34. The third kappa shape index (κ3) is 6.23. The van der Waals surface area contributed by atoms with E-state index in [0.29, 0.717) is 41.3 Å². The molecule has 0 radical (unpaired) electrons. The van der Waals surface area contributed by atoms with Crippen LogP contribution in [0.1, 0.15) is 40.4 Å². The zero-order chi connectivity index (χ0) is 28.1. The molecule has 0 saturated carbocycles. The molecule has 5 rings (SSSR count). The van der Waals surface area contributed by atoms with E-state index in [1.165, 1.54) is 17.0 Å². The standard InChI is InChI=1S/C30H30FN3O6/c1-38-24-14-8-21(9-15-24)28(35)33-23-12-6-20(7-13-23)27-26(29(36)32-17-25-3-2-16-39-25)34(30(37)40-27)18-19-4-10-22(31)11-5-19/h4-15,25-27H,2-3,16-18H2,1H3,(H,32,36)(H,33,35)/t25-,26-,27+/m1/s1. The number of carbonyl (C=O) groups is 3. The lowest BCUT2D eigenvalue weighted by Crippen LogP contribution is -2.47. The normalized spacial score (nSPS) is 20.2. The zero-order valence-electron chi connectivity index (χ0n) is 22.0. The average Bonchev–Trinajstić information content (AvgIpc) is 3.61. The van der Waals surface area contributed by atoms with Crippen molar-refractivity contribution in [3.8, 4) is 5.75 Å². The van der Waals surface area contributed by atoms with Gasteiger partial charge in [-0.1, -0.05) is 24.3 Å². The number of nitrogens with zero attached hydrogens (tertiary/aromatic N) is 1. The summed E-state index contributed by atoms with van der Waals surface area (Å²) in [6, 6.07) is 18.3. The summed E-state index contributed by atoms with van der Waals surface area (Å²) in [6.07, 6.45) is 0.186. The molecule has 2 saturated heterocycles. The zero-order valence-corrected chi connectivity index (χ0v) is 22.0. The van der Waals surface area contributed by atoms with Gasteiger partial charge < -0.3 is 24.8 Å². The van der Waals surface area contributed by atoms with Crippen molar-refractivity contribution < 1.29 is 33.0 Å². The topological polar surface area (TPSA) is 106 Å². The van der Waals surface area contributed by atoms with Gasteiger partial charge in [0.25, 0.3) is 5.91 Å². The predicted octanol–water partition coefficient (Wildman–Crippen LogP) is 4.44. The molecule has 3 amide bonds. The number of halogens is 1. The minimum absolute atomic E-state index is 0.0698. The Balaban J connectivity index is 1.32. The van der Waals surface area contributed by atoms with Gasteiger partial charge in [-0.15, -0.1) is 0 Å². The first-order chi connectivity index (χ1) is 19.4. The molecule has 2 fully saturated rings. The van der Waals surface area contributed by atoms with Gasteiger partial charge in [-0.2, -0.15) is 0 Å². The number of hydrogen-bond acceptors (Lipinski definition) is 6. The molecule has 2 heterocycles. The number of ether oxygens (including phenoxy) is 3. The third-order valence-electron chi connectivity index (χ3n) is 7.00. The summed E-state index contributed by atoms with van der Waals surface area (Å²) in [5.41, 5.74) is 2.26. The Labute approximate surface area is 231 Å². The van der Waals surface area contributed by atoms with Gasteiger partial charge in [0.2, 0.25) is 5.91 Å². The van der Waals surface area contributed by atoms with Crippen molar-refractivity contribution in [3.05, 3.63) is 95.3 Å². The van der Waals surface area contributed by atoms with Gasteiger partial charge in [0.05, 0.1) is 19.8 Å². The molecular formula is C30H30FN3O6. The van der Waals surface area contributed by atoms with E-state index in [1.807, 2.05) is 0 Å². The van der Waals surface area contributed by atoms with Gasteiger partial charge in [0.1, 0.15) is 11.6 Å². The van der Waals surface area contributed by atoms with E-state index in [0.717, 1.165) is 12.8 Å². The Kier molecular flexibility index (Phi) is 8.26. The molecule has 40 heavy (non-hydrogen) atoms. The SMILES string of the molecule is COc1ccc(C(=O)Nc2ccc([C@@H]3OC(=O)N(Cc4ccc(F)cc4)[C@H]3C(=O)NC[C@H]3CCCO3)cc2)cc1. The van der Waals surface area contributed by atoms with Gasteiger partial charge in [-0.25, -0.2) is 9.18 Å². The summed E-state index contributed by atoms with van der Waals surface area (Å²) in [5, 5.41) is 5.74. The highest BCUT2D eigenvalue weighted by Gasteiger charge is 2.47. The number of benzene rings is 3. The Hall–Kier alpha value is -4.44. The number of amides is 3. The van der Waals surface area contributed by atoms with Crippen molar-refractivity contribution in [1.82, 2.24) is 10.2 Å². The molecule has 0 spiro atoms. The molecule has 9 nitrogen and oxygen atoms in total. The molecule has 0 aromatic heterocycles. The molecule has 208 valence electrons. The summed E-state index contributed by atoms with van der Waals surface area (Å²) in [6.45, 7) is 1.06. The van der Waals surface area contributed by atoms with E-state index in [2.05, 4.69) is 10.6 Å². The Morgan fingerprint density at radius 3 is 2.40 bits per heavy atom. The van der Waals surface area contributed by atoms with E-state index >= 15 is 0 Å². The van der Waals surface area contributed by atoms with Crippen LogP contribution in [0, 0.1) is 5.82 Å². The second-order valence-electron chi connectivity index (χ2n) is 9.69. The number of nitrogens with one attached hydrogen (secondary N) is 2. The molecule has 0 unspecified atom stereocenters. The van der Waals surface area contributed by atoms with Crippen LogP contribution in [0.4, 0.5) is 14.9 Å². The quantitative estimate of drug-likeness (QED) is 0.410. The number of cyclic esters (lactones) is 1. The van der Waals surface area contributed by atoms with Crippen molar-refractivity contribution in [1.29, 1.82) is 0 Å². The Morgan fingerprint density at radius 2 is 1.75 bits per heavy atom. The van der Waals surface area contributed by atoms with E-state index < -0.39 is 24.1 Å². The van der Waals surface area contributed by atoms with Crippen molar-refractivity contribution in [2.45, 2.75) is 37.6 Å². The first-order valence-electron chi connectivity index (χ1n) is 13.1. The van der Waals surface area contributed by atoms with Crippen LogP contribution >= 0.6 is 0 Å². The number of rotatable bonds is 9. The molecule has 2 N–H and O–H groups in total. The highest BCUT2D eigenvalue weighted by molar-refractivity contribution is 6.04. The van der Waals surface area contributed by atoms with E-state index in [4.69, 9.17) is 14.2 Å². The summed E-state index contributed by atoms with van der Waals surface area (Å²) in [7, 11) is 1.55. The smallest absolute Gasteiger partial charge is 0.411 e. The monoisotopic (exact) mass is 547 g/mol. The lowest BCUT2D eigenvalue weighted by atomic mass is 10.00. The number of carbonyl (C=O) groups excluding carboxylic acids is 3. The first-order valence-corrected chi connectivity index (χ1v) is 13.1. The van der Waals surface area contributed by atoms with Gasteiger partial charge in [0, 0.05) is 24.4 Å². The van der Waals surface area contributed by atoms with Crippen molar-refractivity contribution >= 4 is 23.6 Å². The maximum Gasteiger partial charge on any atom is 0.411 e. The molecule has 3 atom stereocenters. The summed E-state index contributed by atoms with van der Waals surface area (Å²) < 4.78 is 29.9. The molecule has 3 aromatic carbocycles. The highest BCUT2D eigenvalue weighted by atomic mass is 19.1. The van der Waals surface area contributed by atoms with Crippen LogP contribution in [0.3, 0.4) is 0 Å². The van der Waals surface area contributed by atoms with Crippen molar-refractivity contribution in [2.24, 2.45) is 0 Å². The van der Waals surface area contributed by atoms with Crippen LogP contribution in [0.2, 0.25) is 0 Å². The van der Waals surface area contributed by atoms with Gasteiger partial charge in [-0.3, -0.25) is 14.5 Å². The van der Waals surface area contributed by atoms with E-state index in [-0.39, 0.29) is 24.5 Å². The van der Waals surface area contributed by atoms with Crippen LogP contribution in [-0.4, -0.2) is 55.2 Å². The van der Waals surface area contributed by atoms with Crippen LogP contribution in [-0.2, 0) is 20.8 Å². The average molecular weight is 548 g/mol. The molecule has 2 aliphatic rings. The molecule has 2 aliphatic heterocycles. The van der Waals surface area contributed by atoms with E-state index in [9.17, 15) is 18.8 Å². The van der Waals surface area contributed by atoms with Gasteiger partial charge in [-0.05, 0) is 72.5 Å². The number of anilines is 1. The minimum atomic E-state index is -0.960. The fourth-order valence-corrected chi connectivity index (χ4v) is 4.82. The minimum Gasteiger partial charge on any atom is -0.497 e. The predicted molar refractivity (Wildman–Crippen MR) is 144 cm³/mol. The first kappa shape index (κ1) is 27.1. The fourth-order valence-electron chi connectivity index (χ4n) is 4.82. The molecule has 0 aliphatic carbocycles. The molecule has 0 bridgehead atoms. The lowest BCUT2D eigenvalue weighted by molar-refractivity contribution is -0.126. The Morgan fingerprint density at radius 1 is 1.02 bits per heavy atom. The maximum absolute atomic E-state index is 13.4. The molecular weight excluding hydrogens is 517 g/mol.